The van der Waals surface area contributed by atoms with Gasteiger partial charge in [0.2, 0.25) is 17.7 Å². The Kier molecular flexibility index (Phi) is 12.6. The van der Waals surface area contributed by atoms with E-state index in [0.29, 0.717) is 43.2 Å². The first-order valence-electron chi connectivity index (χ1n) is 17.5. The number of aliphatic hydroxyl groups excluding tert-OH is 1. The number of halogens is 2. The van der Waals surface area contributed by atoms with Crippen LogP contribution < -0.4 is 25.4 Å². The van der Waals surface area contributed by atoms with E-state index < -0.39 is 41.3 Å². The second kappa shape index (κ2) is 17.1. The largest absolute Gasteiger partial charge is 0.497 e. The van der Waals surface area contributed by atoms with E-state index in [-0.39, 0.29) is 43.3 Å². The molecular weight excluding hydrogens is 658 g/mol. The summed E-state index contributed by atoms with van der Waals surface area (Å²) in [5.41, 5.74) is 0.913. The SMILES string of the molecule is COc1cccc(CNC[C@H](O)[C@H](Cc2cc(F)cc(F)c2)NC(=O)[C@H](CCc2ccccc2OC)N2CC[C@](CC3CC3)(NC(C)=O)C2=O)c1. The number of amides is 3. The van der Waals surface area contributed by atoms with Crippen molar-refractivity contribution in [3.8, 4) is 11.5 Å². The maximum atomic E-state index is 14.4. The van der Waals surface area contributed by atoms with Gasteiger partial charge in [-0.25, -0.2) is 8.78 Å². The Morgan fingerprint density at radius 3 is 2.43 bits per heavy atom. The lowest BCUT2D eigenvalue weighted by molar-refractivity contribution is -0.143. The summed E-state index contributed by atoms with van der Waals surface area (Å²) in [6.45, 7) is 2.07. The van der Waals surface area contributed by atoms with Crippen LogP contribution in [-0.4, -0.2) is 78.8 Å². The topological polar surface area (TPSA) is 129 Å². The minimum Gasteiger partial charge on any atom is -0.497 e. The summed E-state index contributed by atoms with van der Waals surface area (Å²) in [4.78, 5) is 42.5. The first-order chi connectivity index (χ1) is 24.5. The highest BCUT2D eigenvalue weighted by Gasteiger charge is 2.52. The average Bonchev–Trinajstić information content (AvgIpc) is 3.86. The fraction of sp³-hybridized carbons (Fsp3) is 0.462. The zero-order valence-corrected chi connectivity index (χ0v) is 29.4. The average molecular weight is 707 g/mol. The minimum atomic E-state index is -1.18. The van der Waals surface area contributed by atoms with E-state index >= 15 is 0 Å². The van der Waals surface area contributed by atoms with Crippen LogP contribution in [0.15, 0.2) is 66.7 Å². The van der Waals surface area contributed by atoms with E-state index in [1.54, 1.807) is 14.2 Å². The summed E-state index contributed by atoms with van der Waals surface area (Å²) in [6.07, 6.45) is 2.21. The summed E-state index contributed by atoms with van der Waals surface area (Å²) < 4.78 is 39.3. The van der Waals surface area contributed by atoms with Gasteiger partial charge >= 0.3 is 0 Å². The molecule has 1 heterocycles. The molecule has 4 atom stereocenters. The molecular formula is C39H48F2N4O6. The van der Waals surface area contributed by atoms with Crippen LogP contribution in [0.25, 0.3) is 0 Å². The van der Waals surface area contributed by atoms with Crippen LogP contribution in [0.3, 0.4) is 0 Å². The van der Waals surface area contributed by atoms with Gasteiger partial charge in [-0.05, 0) is 85.0 Å². The Morgan fingerprint density at radius 2 is 1.75 bits per heavy atom. The molecule has 1 aliphatic heterocycles. The zero-order chi connectivity index (χ0) is 36.5. The van der Waals surface area contributed by atoms with Gasteiger partial charge < -0.3 is 35.4 Å². The highest BCUT2D eigenvalue weighted by atomic mass is 19.1. The number of rotatable bonds is 18. The molecule has 0 unspecified atom stereocenters. The minimum absolute atomic E-state index is 0.0432. The predicted octanol–water partition coefficient (Wildman–Crippen LogP) is 4.07. The zero-order valence-electron chi connectivity index (χ0n) is 29.4. The molecule has 274 valence electrons. The number of carbonyl (C=O) groups excluding carboxylic acids is 3. The van der Waals surface area contributed by atoms with Gasteiger partial charge in [0.1, 0.15) is 34.7 Å². The van der Waals surface area contributed by atoms with Crippen LogP contribution in [0.5, 0.6) is 11.5 Å². The summed E-state index contributed by atoms with van der Waals surface area (Å²) in [6, 6.07) is 16.0. The first kappa shape index (κ1) is 37.7. The molecule has 5 rings (SSSR count). The number of hydrogen-bond donors (Lipinski definition) is 4. The van der Waals surface area contributed by atoms with Crippen molar-refractivity contribution in [3.63, 3.8) is 0 Å². The number of nitrogens with one attached hydrogen (secondary N) is 3. The molecule has 2 aliphatic rings. The van der Waals surface area contributed by atoms with E-state index in [1.807, 2.05) is 48.5 Å². The number of aliphatic hydroxyl groups is 1. The fourth-order valence-electron chi connectivity index (χ4n) is 7.06. The first-order valence-corrected chi connectivity index (χ1v) is 17.5. The van der Waals surface area contributed by atoms with Gasteiger partial charge in [-0.1, -0.05) is 43.2 Å². The van der Waals surface area contributed by atoms with Gasteiger partial charge in [0.15, 0.2) is 0 Å². The lowest BCUT2D eigenvalue weighted by Gasteiger charge is -2.33. The molecule has 51 heavy (non-hydrogen) atoms. The number of para-hydroxylation sites is 1. The molecule has 0 aromatic heterocycles. The predicted molar refractivity (Wildman–Crippen MR) is 188 cm³/mol. The van der Waals surface area contributed by atoms with Gasteiger partial charge in [0.05, 0.1) is 26.4 Å². The molecule has 1 saturated carbocycles. The van der Waals surface area contributed by atoms with Crippen LogP contribution in [0.2, 0.25) is 0 Å². The quantitative estimate of drug-likeness (QED) is 0.157. The number of nitrogens with zero attached hydrogens (tertiary/aromatic N) is 1. The van der Waals surface area contributed by atoms with E-state index in [2.05, 4.69) is 16.0 Å². The highest BCUT2D eigenvalue weighted by molar-refractivity contribution is 5.96. The molecule has 0 spiro atoms. The standard InChI is InChI=1S/C39H48F2N4O6/c1-25(46)44-39(22-26-11-12-26)15-16-45(38(39)49)34(14-13-29-8-4-5-10-36(29)51-3)37(48)43-33(20-28-17-30(40)21-31(41)18-28)35(47)24-42-23-27-7-6-9-32(19-27)50-2/h4-10,17-19,21,26,33-35,42,47H,11-16,20,22-24H2,1-3H3,(H,43,48)(H,44,46)/t33-,34-,35-,39+/m0/s1. The highest BCUT2D eigenvalue weighted by Crippen LogP contribution is 2.41. The van der Waals surface area contributed by atoms with Gasteiger partial charge in [-0.2, -0.15) is 0 Å². The van der Waals surface area contributed by atoms with Gasteiger partial charge in [-0.3, -0.25) is 14.4 Å². The molecule has 12 heteroatoms. The Balaban J connectivity index is 1.40. The third-order valence-electron chi connectivity index (χ3n) is 9.74. The van der Waals surface area contributed by atoms with Crippen molar-refractivity contribution in [3.05, 3.63) is 95.1 Å². The molecule has 0 radical (unpaired) electrons. The van der Waals surface area contributed by atoms with Crippen LogP contribution in [0.4, 0.5) is 8.78 Å². The van der Waals surface area contributed by atoms with Crippen molar-refractivity contribution in [1.29, 1.82) is 0 Å². The number of carbonyl (C=O) groups is 3. The maximum Gasteiger partial charge on any atom is 0.249 e. The lowest BCUT2D eigenvalue weighted by atomic mass is 9.90. The monoisotopic (exact) mass is 706 g/mol. The second-order valence-electron chi connectivity index (χ2n) is 13.7. The Morgan fingerprint density at radius 1 is 1.00 bits per heavy atom. The summed E-state index contributed by atoms with van der Waals surface area (Å²) in [5, 5.41) is 20.5. The van der Waals surface area contributed by atoms with E-state index in [9.17, 15) is 28.3 Å². The number of hydrogen-bond acceptors (Lipinski definition) is 7. The summed E-state index contributed by atoms with van der Waals surface area (Å²) in [7, 11) is 3.14. The third-order valence-corrected chi connectivity index (χ3v) is 9.74. The van der Waals surface area contributed by atoms with Crippen molar-refractivity contribution >= 4 is 17.7 Å². The van der Waals surface area contributed by atoms with E-state index in [4.69, 9.17) is 9.47 Å². The number of benzene rings is 3. The normalized spacial score (nSPS) is 18.9. The number of methoxy groups -OCH3 is 2. The Labute approximate surface area is 297 Å². The lowest BCUT2D eigenvalue weighted by Crippen LogP contribution is -2.59. The van der Waals surface area contributed by atoms with Crippen LogP contribution in [0, 0.1) is 17.6 Å². The van der Waals surface area contributed by atoms with E-state index in [0.717, 1.165) is 30.0 Å². The fourth-order valence-corrected chi connectivity index (χ4v) is 7.06. The van der Waals surface area contributed by atoms with Crippen LogP contribution in [0.1, 0.15) is 55.7 Å². The number of aryl methyl sites for hydroxylation is 1. The van der Waals surface area contributed by atoms with Crippen LogP contribution in [-0.2, 0) is 33.8 Å². The Bertz CT molecular complexity index is 1670. The molecule has 1 aliphatic carbocycles. The van der Waals surface area contributed by atoms with E-state index in [1.165, 1.54) is 24.0 Å². The van der Waals surface area contributed by atoms with Crippen molar-refractivity contribution in [2.45, 2.75) is 82.1 Å². The molecule has 10 nitrogen and oxygen atoms in total. The maximum absolute atomic E-state index is 14.4. The van der Waals surface area contributed by atoms with Gasteiger partial charge in [0.25, 0.3) is 0 Å². The molecule has 4 N–H and O–H groups in total. The van der Waals surface area contributed by atoms with Crippen molar-refractivity contribution in [1.82, 2.24) is 20.9 Å². The van der Waals surface area contributed by atoms with Crippen LogP contribution >= 0.6 is 0 Å². The summed E-state index contributed by atoms with van der Waals surface area (Å²) in [5.74, 6) is -1.03. The summed E-state index contributed by atoms with van der Waals surface area (Å²) >= 11 is 0. The smallest absolute Gasteiger partial charge is 0.249 e. The molecule has 3 aromatic carbocycles. The van der Waals surface area contributed by atoms with Crippen molar-refractivity contribution in [2.24, 2.45) is 5.92 Å². The van der Waals surface area contributed by atoms with Crippen molar-refractivity contribution < 1.29 is 37.7 Å². The Hall–Kier alpha value is -4.55. The number of likely N-dealkylation sites (tertiary alicyclic amines) is 1. The molecule has 0 bridgehead atoms. The molecule has 3 amide bonds. The molecule has 3 aromatic rings. The third kappa shape index (κ3) is 10.0. The molecule has 2 fully saturated rings. The molecule has 1 saturated heterocycles. The van der Waals surface area contributed by atoms with Gasteiger partial charge in [0, 0.05) is 32.6 Å². The van der Waals surface area contributed by atoms with Crippen molar-refractivity contribution in [2.75, 3.05) is 27.3 Å². The van der Waals surface area contributed by atoms with Gasteiger partial charge in [-0.15, -0.1) is 0 Å². The second-order valence-corrected chi connectivity index (χ2v) is 13.7. The number of ether oxygens (including phenoxy) is 2.